The molecule has 0 radical (unpaired) electrons. The lowest BCUT2D eigenvalue weighted by Gasteiger charge is -2.28. The largest absolute Gasteiger partial charge is 0.394 e. The fourth-order valence-electron chi connectivity index (χ4n) is 2.75. The summed E-state index contributed by atoms with van der Waals surface area (Å²) in [7, 11) is 0. The summed E-state index contributed by atoms with van der Waals surface area (Å²) in [5.41, 5.74) is 0.910. The van der Waals surface area contributed by atoms with Crippen LogP contribution in [0, 0.1) is 5.92 Å². The topological polar surface area (TPSA) is 49.3 Å². The van der Waals surface area contributed by atoms with Crippen molar-refractivity contribution in [2.24, 2.45) is 5.92 Å². The number of fused-ring (bicyclic) bond motifs is 1. The van der Waals surface area contributed by atoms with Gasteiger partial charge in [0.25, 0.3) is 5.91 Å². The van der Waals surface area contributed by atoms with Gasteiger partial charge in [0.15, 0.2) is 0 Å². The van der Waals surface area contributed by atoms with Crippen molar-refractivity contribution in [3.8, 4) is 0 Å². The highest BCUT2D eigenvalue weighted by atomic mass is 32.1. The van der Waals surface area contributed by atoms with Gasteiger partial charge in [-0.1, -0.05) is 0 Å². The normalized spacial score (nSPS) is 21.4. The molecule has 3 rings (SSSR count). The highest BCUT2D eigenvalue weighted by Gasteiger charge is 2.42. The maximum atomic E-state index is 12.2. The van der Waals surface area contributed by atoms with Crippen molar-refractivity contribution in [2.75, 3.05) is 6.61 Å². The highest BCUT2D eigenvalue weighted by Crippen LogP contribution is 2.39. The molecule has 1 unspecified atom stereocenters. The van der Waals surface area contributed by atoms with Gasteiger partial charge < -0.3 is 10.4 Å². The van der Waals surface area contributed by atoms with Gasteiger partial charge in [-0.05, 0) is 56.6 Å². The summed E-state index contributed by atoms with van der Waals surface area (Å²) in [6, 6.07) is 2.03. The minimum atomic E-state index is -0.439. The Morgan fingerprint density at radius 3 is 2.94 bits per heavy atom. The molecule has 18 heavy (non-hydrogen) atoms. The Labute approximate surface area is 111 Å². The standard InChI is InChI=1S/C14H19NO2S/c1-14(8-16,10-5-6-10)15-13(17)12-7-9-3-2-4-11(9)18-12/h7,10,16H,2-6,8H2,1H3,(H,15,17). The number of hydrogen-bond acceptors (Lipinski definition) is 3. The molecular formula is C14H19NO2S. The Morgan fingerprint density at radius 2 is 2.33 bits per heavy atom. The summed E-state index contributed by atoms with van der Waals surface area (Å²) in [4.78, 5) is 14.4. The minimum Gasteiger partial charge on any atom is -0.394 e. The van der Waals surface area contributed by atoms with Gasteiger partial charge >= 0.3 is 0 Å². The van der Waals surface area contributed by atoms with Gasteiger partial charge in [-0.2, -0.15) is 0 Å². The van der Waals surface area contributed by atoms with Crippen LogP contribution in [0.15, 0.2) is 6.07 Å². The first kappa shape index (κ1) is 12.2. The Kier molecular flexibility index (Phi) is 2.94. The third-order valence-electron chi connectivity index (χ3n) is 4.18. The summed E-state index contributed by atoms with van der Waals surface area (Å²) in [5, 5.41) is 12.5. The van der Waals surface area contributed by atoms with Crippen LogP contribution in [-0.4, -0.2) is 23.2 Å². The second-order valence-corrected chi connectivity index (χ2v) is 6.85. The van der Waals surface area contributed by atoms with Crippen LogP contribution in [0.1, 0.15) is 46.3 Å². The minimum absolute atomic E-state index is 0.0159. The molecule has 1 aromatic heterocycles. The molecule has 0 aromatic carbocycles. The monoisotopic (exact) mass is 265 g/mol. The second kappa shape index (κ2) is 4.35. The summed E-state index contributed by atoms with van der Waals surface area (Å²) >= 11 is 1.62. The Balaban J connectivity index is 1.73. The summed E-state index contributed by atoms with van der Waals surface area (Å²) < 4.78 is 0. The number of rotatable bonds is 4. The predicted molar refractivity (Wildman–Crippen MR) is 72.0 cm³/mol. The number of thiophene rings is 1. The van der Waals surface area contributed by atoms with E-state index in [1.54, 1.807) is 11.3 Å². The van der Waals surface area contributed by atoms with E-state index in [-0.39, 0.29) is 12.5 Å². The second-order valence-electron chi connectivity index (χ2n) is 5.72. The first-order valence-corrected chi connectivity index (χ1v) is 7.49. The molecular weight excluding hydrogens is 246 g/mol. The van der Waals surface area contributed by atoms with Crippen molar-refractivity contribution < 1.29 is 9.90 Å². The Bertz CT molecular complexity index is 457. The third kappa shape index (κ3) is 2.08. The molecule has 1 saturated carbocycles. The summed E-state index contributed by atoms with van der Waals surface area (Å²) in [6.45, 7) is 1.97. The van der Waals surface area contributed by atoms with Crippen molar-refractivity contribution in [2.45, 2.75) is 44.6 Å². The molecule has 4 heteroatoms. The van der Waals surface area contributed by atoms with Gasteiger partial charge in [0.2, 0.25) is 0 Å². The molecule has 0 spiro atoms. The number of aliphatic hydroxyl groups excluding tert-OH is 1. The van der Waals surface area contributed by atoms with Crippen LogP contribution >= 0.6 is 11.3 Å². The van der Waals surface area contributed by atoms with Crippen LogP contribution in [0.3, 0.4) is 0 Å². The highest BCUT2D eigenvalue weighted by molar-refractivity contribution is 7.14. The van der Waals surface area contributed by atoms with E-state index in [0.717, 1.165) is 30.6 Å². The molecule has 2 aliphatic carbocycles. The van der Waals surface area contributed by atoms with Crippen molar-refractivity contribution in [1.82, 2.24) is 5.32 Å². The zero-order chi connectivity index (χ0) is 12.8. The van der Waals surface area contributed by atoms with E-state index < -0.39 is 5.54 Å². The van der Waals surface area contributed by atoms with Gasteiger partial charge in [-0.25, -0.2) is 0 Å². The Morgan fingerprint density at radius 1 is 1.56 bits per heavy atom. The number of amides is 1. The van der Waals surface area contributed by atoms with Crippen LogP contribution in [0.25, 0.3) is 0 Å². The average Bonchev–Trinajstić information content (AvgIpc) is 2.98. The maximum absolute atomic E-state index is 12.2. The summed E-state index contributed by atoms with van der Waals surface area (Å²) in [5.74, 6) is 0.427. The van der Waals surface area contributed by atoms with Gasteiger partial charge in [-0.15, -0.1) is 11.3 Å². The van der Waals surface area contributed by atoms with Crippen molar-refractivity contribution in [1.29, 1.82) is 0 Å². The predicted octanol–water partition coefficient (Wildman–Crippen LogP) is 2.13. The van der Waals surface area contributed by atoms with Gasteiger partial charge in [0, 0.05) is 4.88 Å². The number of carbonyl (C=O) groups is 1. The van der Waals surface area contributed by atoms with Gasteiger partial charge in [0.05, 0.1) is 17.0 Å². The number of carbonyl (C=O) groups excluding carboxylic acids is 1. The maximum Gasteiger partial charge on any atom is 0.261 e. The zero-order valence-electron chi connectivity index (χ0n) is 10.7. The molecule has 0 aliphatic heterocycles. The molecule has 1 amide bonds. The number of nitrogens with one attached hydrogen (secondary N) is 1. The quantitative estimate of drug-likeness (QED) is 0.876. The van der Waals surface area contributed by atoms with Crippen LogP contribution in [-0.2, 0) is 12.8 Å². The van der Waals surface area contributed by atoms with E-state index >= 15 is 0 Å². The number of aliphatic hydroxyl groups is 1. The van der Waals surface area contributed by atoms with E-state index in [9.17, 15) is 9.90 Å². The van der Waals surface area contributed by atoms with E-state index in [1.165, 1.54) is 16.9 Å². The van der Waals surface area contributed by atoms with E-state index in [0.29, 0.717) is 5.92 Å². The third-order valence-corrected chi connectivity index (χ3v) is 5.41. The van der Waals surface area contributed by atoms with Crippen LogP contribution in [0.2, 0.25) is 0 Å². The van der Waals surface area contributed by atoms with Crippen LogP contribution in [0.4, 0.5) is 0 Å². The molecule has 1 heterocycles. The average molecular weight is 265 g/mol. The van der Waals surface area contributed by atoms with Gasteiger partial charge in [0.1, 0.15) is 0 Å². The molecule has 0 saturated heterocycles. The van der Waals surface area contributed by atoms with Crippen molar-refractivity contribution >= 4 is 17.2 Å². The first-order chi connectivity index (χ1) is 8.62. The molecule has 98 valence electrons. The van der Waals surface area contributed by atoms with Crippen LogP contribution in [0.5, 0.6) is 0 Å². The number of aryl methyl sites for hydroxylation is 2. The fourth-order valence-corrected chi connectivity index (χ4v) is 3.90. The number of hydrogen-bond donors (Lipinski definition) is 2. The molecule has 1 aromatic rings. The zero-order valence-corrected chi connectivity index (χ0v) is 11.5. The van der Waals surface area contributed by atoms with E-state index in [1.807, 2.05) is 13.0 Å². The fraction of sp³-hybridized carbons (Fsp3) is 0.643. The van der Waals surface area contributed by atoms with Gasteiger partial charge in [-0.3, -0.25) is 4.79 Å². The van der Waals surface area contributed by atoms with Crippen molar-refractivity contribution in [3.05, 3.63) is 21.4 Å². The molecule has 0 bridgehead atoms. The van der Waals surface area contributed by atoms with E-state index in [4.69, 9.17) is 0 Å². The Hall–Kier alpha value is -0.870. The van der Waals surface area contributed by atoms with Crippen LogP contribution < -0.4 is 5.32 Å². The SMILES string of the molecule is CC(CO)(NC(=O)c1cc2c(s1)CCC2)C1CC1. The lowest BCUT2D eigenvalue weighted by molar-refractivity contribution is 0.0828. The molecule has 2 N–H and O–H groups in total. The van der Waals surface area contributed by atoms with E-state index in [2.05, 4.69) is 5.32 Å². The molecule has 2 aliphatic rings. The molecule has 1 fully saturated rings. The lowest BCUT2D eigenvalue weighted by Crippen LogP contribution is -2.50. The molecule has 1 atom stereocenters. The lowest BCUT2D eigenvalue weighted by atomic mass is 9.97. The smallest absolute Gasteiger partial charge is 0.261 e. The van der Waals surface area contributed by atoms with Crippen molar-refractivity contribution in [3.63, 3.8) is 0 Å². The molecule has 3 nitrogen and oxygen atoms in total. The first-order valence-electron chi connectivity index (χ1n) is 6.67. The summed E-state index contributed by atoms with van der Waals surface area (Å²) in [6.07, 6.45) is 5.67.